The smallest absolute Gasteiger partial charge is 0.111 e. The highest BCUT2D eigenvalue weighted by Gasteiger charge is 2.34. The second kappa shape index (κ2) is 13.0. The van der Waals surface area contributed by atoms with E-state index in [1.807, 2.05) is 12.1 Å². The van der Waals surface area contributed by atoms with Gasteiger partial charge in [-0.2, -0.15) is 0 Å². The summed E-state index contributed by atoms with van der Waals surface area (Å²) >= 11 is 6.18. The predicted octanol–water partition coefficient (Wildman–Crippen LogP) is 9.42. The Morgan fingerprint density at radius 3 is 2.39 bits per heavy atom. The molecular weight excluding hydrogens is 464 g/mol. The zero-order valence-electron chi connectivity index (χ0n) is 22.7. The fourth-order valence-electron chi connectivity index (χ4n) is 5.51. The summed E-state index contributed by atoms with van der Waals surface area (Å²) in [6.45, 7) is 11.0. The number of pyridine rings is 1. The first-order chi connectivity index (χ1) is 17.5. The van der Waals surface area contributed by atoms with Crippen molar-refractivity contribution in [3.8, 4) is 11.3 Å². The monoisotopic (exact) mass is 506 g/mol. The van der Waals surface area contributed by atoms with E-state index in [2.05, 4.69) is 62.9 Å². The van der Waals surface area contributed by atoms with Gasteiger partial charge in [0.05, 0.1) is 17.3 Å². The maximum absolute atomic E-state index is 6.86. The lowest BCUT2D eigenvalue weighted by atomic mass is 9.97. The zero-order valence-corrected chi connectivity index (χ0v) is 23.4. The van der Waals surface area contributed by atoms with Gasteiger partial charge in [-0.3, -0.25) is 4.90 Å². The molecule has 1 fully saturated rings. The van der Waals surface area contributed by atoms with Crippen LogP contribution in [-0.4, -0.2) is 29.2 Å². The summed E-state index contributed by atoms with van der Waals surface area (Å²) in [5, 5.41) is 1.97. The van der Waals surface area contributed by atoms with Gasteiger partial charge in [-0.25, -0.2) is 4.98 Å². The summed E-state index contributed by atoms with van der Waals surface area (Å²) in [7, 11) is 0. The van der Waals surface area contributed by atoms with E-state index in [4.69, 9.17) is 21.3 Å². The lowest BCUT2D eigenvalue weighted by Crippen LogP contribution is -2.31. The largest absolute Gasteiger partial charge is 0.354 e. The molecule has 194 valence electrons. The van der Waals surface area contributed by atoms with E-state index in [1.54, 1.807) is 0 Å². The molecule has 1 saturated heterocycles. The minimum absolute atomic E-state index is 0.0599. The minimum Gasteiger partial charge on any atom is -0.354 e. The van der Waals surface area contributed by atoms with E-state index < -0.39 is 0 Å². The third-order valence-electron chi connectivity index (χ3n) is 7.50. The van der Waals surface area contributed by atoms with Crippen molar-refractivity contribution in [3.63, 3.8) is 0 Å². The van der Waals surface area contributed by atoms with Gasteiger partial charge in [0.15, 0.2) is 0 Å². The van der Waals surface area contributed by atoms with E-state index in [0.29, 0.717) is 0 Å². The molecule has 0 N–H and O–H groups in total. The van der Waals surface area contributed by atoms with Gasteiger partial charge in [-0.05, 0) is 68.5 Å². The lowest BCUT2D eigenvalue weighted by molar-refractivity contribution is -0.00734. The Hall–Kier alpha value is -1.94. The Morgan fingerprint density at radius 2 is 1.64 bits per heavy atom. The second-order valence-electron chi connectivity index (χ2n) is 10.6. The highest BCUT2D eigenvalue weighted by Crippen LogP contribution is 2.38. The first-order valence-electron chi connectivity index (χ1n) is 14.1. The van der Waals surface area contributed by atoms with Crippen LogP contribution in [0.25, 0.3) is 22.2 Å². The van der Waals surface area contributed by atoms with Crippen LogP contribution in [0, 0.1) is 13.8 Å². The Kier molecular flexibility index (Phi) is 9.81. The van der Waals surface area contributed by atoms with Crippen molar-refractivity contribution in [2.45, 2.75) is 97.8 Å². The Balaban J connectivity index is 1.63. The highest BCUT2D eigenvalue weighted by atomic mass is 35.5. The average molecular weight is 507 g/mol. The average Bonchev–Trinajstić information content (AvgIpc) is 3.27. The number of benzene rings is 2. The van der Waals surface area contributed by atoms with Crippen molar-refractivity contribution >= 4 is 22.5 Å². The van der Waals surface area contributed by atoms with E-state index in [-0.39, 0.29) is 12.3 Å². The fraction of sp³-hybridized carbons (Fsp3) is 0.531. The fourth-order valence-corrected chi connectivity index (χ4v) is 5.63. The Labute approximate surface area is 223 Å². The van der Waals surface area contributed by atoms with Crippen LogP contribution in [-0.2, 0) is 4.74 Å². The zero-order chi connectivity index (χ0) is 25.5. The van der Waals surface area contributed by atoms with Crippen LogP contribution < -0.4 is 0 Å². The molecule has 0 bridgehead atoms. The lowest BCUT2D eigenvalue weighted by Gasteiger charge is -2.22. The summed E-state index contributed by atoms with van der Waals surface area (Å²) < 4.78 is 6.86. The molecule has 4 rings (SSSR count). The third kappa shape index (κ3) is 6.68. The number of nitrogens with zero attached hydrogens (tertiary/aromatic N) is 2. The maximum atomic E-state index is 6.86. The van der Waals surface area contributed by atoms with E-state index >= 15 is 0 Å². The molecule has 0 radical (unpaired) electrons. The summed E-state index contributed by atoms with van der Waals surface area (Å²) in [4.78, 5) is 7.70. The highest BCUT2D eigenvalue weighted by molar-refractivity contribution is 6.30. The molecule has 0 aliphatic carbocycles. The van der Waals surface area contributed by atoms with Crippen LogP contribution in [0.2, 0.25) is 5.02 Å². The van der Waals surface area contributed by atoms with Gasteiger partial charge < -0.3 is 4.74 Å². The second-order valence-corrected chi connectivity index (χ2v) is 11.0. The number of hydrogen-bond donors (Lipinski definition) is 0. The van der Waals surface area contributed by atoms with Gasteiger partial charge in [0.2, 0.25) is 0 Å². The maximum Gasteiger partial charge on any atom is 0.111 e. The van der Waals surface area contributed by atoms with Crippen LogP contribution in [0.15, 0.2) is 42.5 Å². The first kappa shape index (κ1) is 27.1. The molecule has 0 amide bonds. The molecule has 1 aromatic heterocycles. The van der Waals surface area contributed by atoms with E-state index in [1.165, 1.54) is 73.4 Å². The number of ether oxygens (including phenoxy) is 1. The number of unbranched alkanes of at least 4 members (excludes halogenated alkanes) is 6. The molecule has 0 saturated carbocycles. The number of aromatic nitrogens is 1. The molecule has 2 heterocycles. The number of halogens is 1. The van der Waals surface area contributed by atoms with Gasteiger partial charge >= 0.3 is 0 Å². The number of fused-ring (bicyclic) bond motifs is 1. The van der Waals surface area contributed by atoms with Gasteiger partial charge in [0.1, 0.15) is 6.23 Å². The van der Waals surface area contributed by atoms with Crippen LogP contribution in [0.1, 0.15) is 94.4 Å². The molecule has 0 spiro atoms. The summed E-state index contributed by atoms with van der Waals surface area (Å²) in [6, 6.07) is 14.8. The van der Waals surface area contributed by atoms with Crippen LogP contribution >= 0.6 is 11.6 Å². The van der Waals surface area contributed by atoms with Crippen LogP contribution in [0.4, 0.5) is 0 Å². The molecule has 3 nitrogen and oxygen atoms in total. The number of rotatable bonds is 12. The van der Waals surface area contributed by atoms with Gasteiger partial charge in [-0.1, -0.05) is 87.7 Å². The Bertz CT molecular complexity index is 1130. The minimum atomic E-state index is 0.0599. The normalized spacial score (nSPS) is 18.4. The van der Waals surface area contributed by atoms with Gasteiger partial charge in [0, 0.05) is 29.1 Å². The molecule has 1 aliphatic heterocycles. The molecule has 2 aromatic carbocycles. The van der Waals surface area contributed by atoms with Crippen LogP contribution in [0.3, 0.4) is 0 Å². The molecule has 3 aromatic rings. The molecule has 2 unspecified atom stereocenters. The third-order valence-corrected chi connectivity index (χ3v) is 7.75. The summed E-state index contributed by atoms with van der Waals surface area (Å²) in [5.74, 6) is 0. The molecule has 1 aliphatic rings. The summed E-state index contributed by atoms with van der Waals surface area (Å²) in [6.07, 6.45) is 11.7. The van der Waals surface area contributed by atoms with E-state index in [0.717, 1.165) is 41.3 Å². The first-order valence-corrected chi connectivity index (χ1v) is 14.4. The number of hydrogen-bond acceptors (Lipinski definition) is 3. The van der Waals surface area contributed by atoms with Crippen molar-refractivity contribution in [2.75, 3.05) is 13.1 Å². The van der Waals surface area contributed by atoms with Crippen molar-refractivity contribution in [1.29, 1.82) is 0 Å². The number of aryl methyl sites for hydroxylation is 2. The standard InChI is InChI=1S/C32H43ClN2O/c1-5-7-9-10-11-12-13-31-35(18-8-6-2)22-30(36-31)27-21-29(25-14-16-26(33)17-15-25)34-32-24(4)19-23(3)20-28(27)32/h14-17,19-21,30-31H,5-13,18,22H2,1-4H3. The molecular formula is C32H43ClN2O. The molecule has 36 heavy (non-hydrogen) atoms. The van der Waals surface area contributed by atoms with E-state index in [9.17, 15) is 0 Å². The molecule has 2 atom stereocenters. The van der Waals surface area contributed by atoms with Gasteiger partial charge in [0.25, 0.3) is 0 Å². The van der Waals surface area contributed by atoms with Crippen molar-refractivity contribution in [2.24, 2.45) is 0 Å². The van der Waals surface area contributed by atoms with Crippen molar-refractivity contribution in [3.05, 3.63) is 64.2 Å². The van der Waals surface area contributed by atoms with Crippen molar-refractivity contribution < 1.29 is 4.74 Å². The predicted molar refractivity (Wildman–Crippen MR) is 154 cm³/mol. The van der Waals surface area contributed by atoms with Crippen molar-refractivity contribution in [1.82, 2.24) is 9.88 Å². The quantitative estimate of drug-likeness (QED) is 0.229. The van der Waals surface area contributed by atoms with Gasteiger partial charge in [-0.15, -0.1) is 0 Å². The topological polar surface area (TPSA) is 25.4 Å². The SMILES string of the molecule is CCCCCCCCC1OC(c2cc(-c3ccc(Cl)cc3)nc3c(C)cc(C)cc23)CN1CCCC. The Morgan fingerprint density at radius 1 is 0.917 bits per heavy atom. The van der Waals surface area contributed by atoms with Crippen LogP contribution in [0.5, 0.6) is 0 Å². The molecule has 4 heteroatoms. The summed E-state index contributed by atoms with van der Waals surface area (Å²) in [5.41, 5.74) is 6.91.